The van der Waals surface area contributed by atoms with Crippen molar-refractivity contribution in [3.05, 3.63) is 19.9 Å². The van der Waals surface area contributed by atoms with Crippen molar-refractivity contribution in [1.82, 2.24) is 5.32 Å². The summed E-state index contributed by atoms with van der Waals surface area (Å²) in [5.74, 6) is 0.496. The zero-order chi connectivity index (χ0) is 11.8. The molecule has 90 valence electrons. The average molecular weight is 374 g/mol. The standard InChI is InChI=1S/C10H13ClINO2S/c11-2-5-15-4-1-3-13-10(14)8-6-9(12)16-7-8/h6-7H,1-5H2,(H,13,14). The number of hydrogen-bond acceptors (Lipinski definition) is 3. The maximum absolute atomic E-state index is 11.6. The molecule has 0 aliphatic rings. The summed E-state index contributed by atoms with van der Waals surface area (Å²) < 4.78 is 6.31. The van der Waals surface area contributed by atoms with E-state index in [1.165, 1.54) is 0 Å². The van der Waals surface area contributed by atoms with Crippen molar-refractivity contribution in [2.24, 2.45) is 0 Å². The van der Waals surface area contributed by atoms with Crippen LogP contribution in [0.2, 0.25) is 0 Å². The van der Waals surface area contributed by atoms with Crippen molar-refractivity contribution in [2.75, 3.05) is 25.6 Å². The van der Waals surface area contributed by atoms with Gasteiger partial charge in [0.2, 0.25) is 0 Å². The third kappa shape index (κ3) is 5.47. The van der Waals surface area contributed by atoms with Gasteiger partial charge in [-0.05, 0) is 35.1 Å². The molecule has 0 aliphatic heterocycles. The number of carbonyl (C=O) groups is 1. The zero-order valence-electron chi connectivity index (χ0n) is 8.67. The van der Waals surface area contributed by atoms with Crippen LogP contribution >= 0.6 is 45.5 Å². The zero-order valence-corrected chi connectivity index (χ0v) is 12.4. The second-order valence-electron chi connectivity index (χ2n) is 3.05. The molecule has 1 rings (SSSR count). The fourth-order valence-corrected chi connectivity index (χ4v) is 2.50. The molecular weight excluding hydrogens is 361 g/mol. The molecule has 1 amide bonds. The Bertz CT molecular complexity index is 332. The van der Waals surface area contributed by atoms with E-state index in [1.54, 1.807) is 11.3 Å². The highest BCUT2D eigenvalue weighted by Gasteiger charge is 2.06. The monoisotopic (exact) mass is 373 g/mol. The Labute approximate surface area is 118 Å². The molecular formula is C10H13ClINO2S. The summed E-state index contributed by atoms with van der Waals surface area (Å²) in [6, 6.07) is 1.88. The molecule has 0 bridgehead atoms. The van der Waals surface area contributed by atoms with Gasteiger partial charge in [-0.2, -0.15) is 0 Å². The van der Waals surface area contributed by atoms with Gasteiger partial charge in [0.05, 0.1) is 15.1 Å². The number of hydrogen-bond donors (Lipinski definition) is 1. The number of halogens is 2. The predicted molar refractivity (Wildman–Crippen MR) is 75.5 cm³/mol. The molecule has 0 unspecified atom stereocenters. The average Bonchev–Trinajstić information content (AvgIpc) is 2.70. The summed E-state index contributed by atoms with van der Waals surface area (Å²) >= 11 is 9.22. The molecule has 1 aromatic rings. The van der Waals surface area contributed by atoms with E-state index in [0.717, 1.165) is 14.9 Å². The van der Waals surface area contributed by atoms with E-state index in [0.29, 0.717) is 25.6 Å². The van der Waals surface area contributed by atoms with E-state index in [9.17, 15) is 4.79 Å². The normalized spacial score (nSPS) is 10.4. The van der Waals surface area contributed by atoms with Crippen LogP contribution in [0.4, 0.5) is 0 Å². The van der Waals surface area contributed by atoms with E-state index < -0.39 is 0 Å². The van der Waals surface area contributed by atoms with Crippen molar-refractivity contribution in [3.8, 4) is 0 Å². The van der Waals surface area contributed by atoms with Gasteiger partial charge in [0.15, 0.2) is 0 Å². The predicted octanol–water partition coefficient (Wildman–Crippen LogP) is 2.73. The van der Waals surface area contributed by atoms with E-state index in [2.05, 4.69) is 27.9 Å². The van der Waals surface area contributed by atoms with Gasteiger partial charge in [0, 0.05) is 24.4 Å². The van der Waals surface area contributed by atoms with Gasteiger partial charge in [0.1, 0.15) is 0 Å². The van der Waals surface area contributed by atoms with Gasteiger partial charge < -0.3 is 10.1 Å². The highest BCUT2D eigenvalue weighted by molar-refractivity contribution is 14.1. The summed E-state index contributed by atoms with van der Waals surface area (Å²) in [6.07, 6.45) is 0.809. The highest BCUT2D eigenvalue weighted by Crippen LogP contribution is 2.16. The maximum Gasteiger partial charge on any atom is 0.252 e. The lowest BCUT2D eigenvalue weighted by molar-refractivity contribution is 0.0945. The number of carbonyl (C=O) groups excluding carboxylic acids is 1. The van der Waals surface area contributed by atoms with Crippen LogP contribution in [0.3, 0.4) is 0 Å². The van der Waals surface area contributed by atoms with Crippen molar-refractivity contribution in [2.45, 2.75) is 6.42 Å². The molecule has 0 atom stereocenters. The second kappa shape index (κ2) is 8.27. The Balaban J connectivity index is 2.11. The first-order valence-electron chi connectivity index (χ1n) is 4.90. The van der Waals surface area contributed by atoms with Crippen LogP contribution in [0.15, 0.2) is 11.4 Å². The van der Waals surface area contributed by atoms with Crippen LogP contribution in [0.5, 0.6) is 0 Å². The van der Waals surface area contributed by atoms with Crippen molar-refractivity contribution in [3.63, 3.8) is 0 Å². The third-order valence-corrected chi connectivity index (χ3v) is 3.75. The molecule has 1 heterocycles. The number of thiophene rings is 1. The summed E-state index contributed by atoms with van der Waals surface area (Å²) in [4.78, 5) is 11.6. The molecule has 0 spiro atoms. The van der Waals surface area contributed by atoms with Crippen LogP contribution in [0.25, 0.3) is 0 Å². The molecule has 1 aromatic heterocycles. The topological polar surface area (TPSA) is 38.3 Å². The van der Waals surface area contributed by atoms with Gasteiger partial charge >= 0.3 is 0 Å². The number of alkyl halides is 1. The minimum absolute atomic E-state index is 0.0171. The molecule has 3 nitrogen and oxygen atoms in total. The lowest BCUT2D eigenvalue weighted by atomic mass is 10.3. The van der Waals surface area contributed by atoms with Gasteiger partial charge in [-0.25, -0.2) is 0 Å². The van der Waals surface area contributed by atoms with Crippen molar-refractivity contribution in [1.29, 1.82) is 0 Å². The van der Waals surface area contributed by atoms with Crippen LogP contribution in [-0.4, -0.2) is 31.5 Å². The summed E-state index contributed by atoms with van der Waals surface area (Å²) in [5.41, 5.74) is 0.732. The Morgan fingerprint density at radius 3 is 3.00 bits per heavy atom. The first-order chi connectivity index (χ1) is 7.74. The van der Waals surface area contributed by atoms with E-state index in [1.807, 2.05) is 11.4 Å². The van der Waals surface area contributed by atoms with Gasteiger partial charge in [0.25, 0.3) is 5.91 Å². The smallest absolute Gasteiger partial charge is 0.252 e. The summed E-state index contributed by atoms with van der Waals surface area (Å²) in [5, 5.41) is 4.70. The summed E-state index contributed by atoms with van der Waals surface area (Å²) in [6.45, 7) is 1.83. The number of nitrogens with one attached hydrogen (secondary N) is 1. The van der Waals surface area contributed by atoms with Crippen LogP contribution < -0.4 is 5.32 Å². The first-order valence-corrected chi connectivity index (χ1v) is 7.39. The molecule has 0 saturated carbocycles. The Kier molecular flexibility index (Phi) is 7.35. The Morgan fingerprint density at radius 1 is 1.56 bits per heavy atom. The molecule has 0 fully saturated rings. The molecule has 0 aliphatic carbocycles. The molecule has 0 saturated heterocycles. The SMILES string of the molecule is O=C(NCCCOCCCl)c1csc(I)c1. The Morgan fingerprint density at radius 2 is 2.38 bits per heavy atom. The minimum atomic E-state index is -0.0171. The first kappa shape index (κ1) is 14.2. The third-order valence-electron chi connectivity index (χ3n) is 1.80. The lowest BCUT2D eigenvalue weighted by Crippen LogP contribution is -2.24. The van der Waals surface area contributed by atoms with Crippen LogP contribution in [0, 0.1) is 2.88 Å². The van der Waals surface area contributed by atoms with E-state index >= 15 is 0 Å². The van der Waals surface area contributed by atoms with E-state index in [4.69, 9.17) is 16.3 Å². The molecule has 0 aromatic carbocycles. The molecule has 6 heteroatoms. The fourth-order valence-electron chi connectivity index (χ4n) is 1.06. The minimum Gasteiger partial charge on any atom is -0.380 e. The van der Waals surface area contributed by atoms with Crippen LogP contribution in [-0.2, 0) is 4.74 Å². The molecule has 1 N–H and O–H groups in total. The van der Waals surface area contributed by atoms with E-state index in [-0.39, 0.29) is 5.91 Å². The highest BCUT2D eigenvalue weighted by atomic mass is 127. The maximum atomic E-state index is 11.6. The lowest BCUT2D eigenvalue weighted by Gasteiger charge is -2.04. The largest absolute Gasteiger partial charge is 0.380 e. The van der Waals surface area contributed by atoms with Gasteiger partial charge in [-0.15, -0.1) is 22.9 Å². The number of ether oxygens (including phenoxy) is 1. The molecule has 16 heavy (non-hydrogen) atoms. The fraction of sp³-hybridized carbons (Fsp3) is 0.500. The van der Waals surface area contributed by atoms with Crippen LogP contribution in [0.1, 0.15) is 16.8 Å². The van der Waals surface area contributed by atoms with Gasteiger partial charge in [-0.3, -0.25) is 4.79 Å². The molecule has 0 radical (unpaired) electrons. The number of amides is 1. The van der Waals surface area contributed by atoms with Crippen molar-refractivity contribution < 1.29 is 9.53 Å². The Hall–Kier alpha value is 0.150. The second-order valence-corrected chi connectivity index (χ2v) is 6.23. The van der Waals surface area contributed by atoms with Crippen molar-refractivity contribution >= 4 is 51.4 Å². The summed E-state index contributed by atoms with van der Waals surface area (Å²) in [7, 11) is 0. The van der Waals surface area contributed by atoms with Gasteiger partial charge in [-0.1, -0.05) is 0 Å². The quantitative estimate of drug-likeness (QED) is 0.453. The number of rotatable bonds is 7.